The number of benzene rings is 3. The molecule has 0 saturated heterocycles. The molecule has 136 valence electrons. The van der Waals surface area contributed by atoms with Crippen molar-refractivity contribution < 1.29 is 9.59 Å². The topological polar surface area (TPSA) is 70.2 Å². The van der Waals surface area contributed by atoms with Crippen LogP contribution >= 0.6 is 0 Å². The molecule has 0 heterocycles. The lowest BCUT2D eigenvalue weighted by molar-refractivity contribution is 0.102. The second-order valence-corrected chi connectivity index (χ2v) is 6.03. The zero-order valence-corrected chi connectivity index (χ0v) is 15.0. The van der Waals surface area contributed by atoms with Crippen LogP contribution in [0.5, 0.6) is 0 Å². The Balaban J connectivity index is 1.57. The number of anilines is 3. The van der Waals surface area contributed by atoms with Gasteiger partial charge in [0.2, 0.25) is 0 Å². The van der Waals surface area contributed by atoms with Gasteiger partial charge in [-0.05, 0) is 60.5 Å². The number of para-hydroxylation sites is 1. The molecule has 0 aliphatic rings. The average Bonchev–Trinajstić information content (AvgIpc) is 2.70. The van der Waals surface area contributed by atoms with E-state index in [1.807, 2.05) is 42.5 Å². The van der Waals surface area contributed by atoms with Gasteiger partial charge < -0.3 is 16.0 Å². The predicted molar refractivity (Wildman–Crippen MR) is 109 cm³/mol. The molecule has 0 saturated carbocycles. The van der Waals surface area contributed by atoms with E-state index in [9.17, 15) is 9.59 Å². The second-order valence-electron chi connectivity index (χ2n) is 6.03. The largest absolute Gasteiger partial charge is 0.323 e. The van der Waals surface area contributed by atoms with Crippen molar-refractivity contribution >= 4 is 29.0 Å². The van der Waals surface area contributed by atoms with Crippen LogP contribution in [0.25, 0.3) is 0 Å². The van der Waals surface area contributed by atoms with E-state index in [2.05, 4.69) is 22.9 Å². The van der Waals surface area contributed by atoms with Gasteiger partial charge in [-0.2, -0.15) is 0 Å². The van der Waals surface area contributed by atoms with Crippen LogP contribution in [0.15, 0.2) is 78.9 Å². The molecule has 0 aromatic heterocycles. The first-order valence-corrected chi connectivity index (χ1v) is 8.77. The Hall–Kier alpha value is -3.60. The van der Waals surface area contributed by atoms with E-state index < -0.39 is 0 Å². The third-order valence-electron chi connectivity index (χ3n) is 4.06. The fourth-order valence-corrected chi connectivity index (χ4v) is 2.55. The Bertz CT molecular complexity index is 905. The minimum absolute atomic E-state index is 0.195. The number of aryl methyl sites for hydroxylation is 1. The molecule has 0 unspecified atom stereocenters. The van der Waals surface area contributed by atoms with Crippen LogP contribution < -0.4 is 16.0 Å². The summed E-state index contributed by atoms with van der Waals surface area (Å²) in [7, 11) is 0. The maximum Gasteiger partial charge on any atom is 0.323 e. The monoisotopic (exact) mass is 359 g/mol. The second kappa shape index (κ2) is 8.67. The fraction of sp³-hybridized carbons (Fsp3) is 0.0909. The van der Waals surface area contributed by atoms with Crippen LogP contribution in [-0.4, -0.2) is 11.9 Å². The maximum absolute atomic E-state index is 12.3. The zero-order chi connectivity index (χ0) is 19.1. The van der Waals surface area contributed by atoms with Gasteiger partial charge in [-0.1, -0.05) is 37.3 Å². The molecule has 0 radical (unpaired) electrons. The van der Waals surface area contributed by atoms with Gasteiger partial charge in [0.15, 0.2) is 0 Å². The van der Waals surface area contributed by atoms with E-state index in [0.717, 1.165) is 12.1 Å². The molecule has 5 nitrogen and oxygen atoms in total. The first kappa shape index (κ1) is 18.2. The van der Waals surface area contributed by atoms with Crippen molar-refractivity contribution in [3.05, 3.63) is 90.0 Å². The SMILES string of the molecule is CCc1ccc(NC(=O)c2ccc(NC(=O)Nc3ccccc3)cc2)cc1. The average molecular weight is 359 g/mol. The Morgan fingerprint density at radius 1 is 0.667 bits per heavy atom. The minimum atomic E-state index is -0.339. The summed E-state index contributed by atoms with van der Waals surface area (Å²) in [5, 5.41) is 8.34. The van der Waals surface area contributed by atoms with E-state index in [-0.39, 0.29) is 11.9 Å². The Kier molecular flexibility index (Phi) is 5.84. The highest BCUT2D eigenvalue weighted by Crippen LogP contribution is 2.14. The van der Waals surface area contributed by atoms with Crippen molar-refractivity contribution in [3.63, 3.8) is 0 Å². The van der Waals surface area contributed by atoms with Crippen LogP contribution in [-0.2, 0) is 6.42 Å². The fourth-order valence-electron chi connectivity index (χ4n) is 2.55. The van der Waals surface area contributed by atoms with E-state index in [4.69, 9.17) is 0 Å². The summed E-state index contributed by atoms with van der Waals surface area (Å²) in [5.74, 6) is -0.195. The van der Waals surface area contributed by atoms with Crippen LogP contribution in [0.3, 0.4) is 0 Å². The maximum atomic E-state index is 12.3. The quantitative estimate of drug-likeness (QED) is 0.590. The number of rotatable bonds is 5. The van der Waals surface area contributed by atoms with Gasteiger partial charge in [0.05, 0.1) is 0 Å². The highest BCUT2D eigenvalue weighted by molar-refractivity contribution is 6.05. The van der Waals surface area contributed by atoms with E-state index in [1.165, 1.54) is 5.56 Å². The molecular weight excluding hydrogens is 338 g/mol. The number of carbonyl (C=O) groups excluding carboxylic acids is 2. The molecule has 3 rings (SSSR count). The normalized spacial score (nSPS) is 10.1. The molecule has 3 aromatic rings. The van der Waals surface area contributed by atoms with Crippen molar-refractivity contribution in [1.82, 2.24) is 0 Å². The van der Waals surface area contributed by atoms with Crippen molar-refractivity contribution in [2.45, 2.75) is 13.3 Å². The van der Waals surface area contributed by atoms with Crippen LogP contribution in [0.4, 0.5) is 21.9 Å². The number of nitrogens with one attached hydrogen (secondary N) is 3. The minimum Gasteiger partial charge on any atom is -0.322 e. The summed E-state index contributed by atoms with van der Waals surface area (Å²) in [4.78, 5) is 24.3. The van der Waals surface area contributed by atoms with Crippen LogP contribution in [0, 0.1) is 0 Å². The Morgan fingerprint density at radius 3 is 1.78 bits per heavy atom. The van der Waals surface area contributed by atoms with Gasteiger partial charge in [0.1, 0.15) is 0 Å². The van der Waals surface area contributed by atoms with E-state index in [0.29, 0.717) is 16.9 Å². The van der Waals surface area contributed by atoms with Gasteiger partial charge in [-0.25, -0.2) is 4.79 Å². The molecule has 3 aromatic carbocycles. The number of urea groups is 1. The summed E-state index contributed by atoms with van der Waals surface area (Å²) in [6.07, 6.45) is 0.959. The molecule has 0 aliphatic carbocycles. The predicted octanol–water partition coefficient (Wildman–Crippen LogP) is 5.15. The lowest BCUT2D eigenvalue weighted by atomic mass is 10.1. The van der Waals surface area contributed by atoms with Crippen molar-refractivity contribution in [2.75, 3.05) is 16.0 Å². The Labute approximate surface area is 158 Å². The molecule has 0 atom stereocenters. The lowest BCUT2D eigenvalue weighted by Crippen LogP contribution is -2.19. The highest BCUT2D eigenvalue weighted by Gasteiger charge is 2.07. The van der Waals surface area contributed by atoms with Crippen molar-refractivity contribution in [2.24, 2.45) is 0 Å². The molecule has 3 amide bonds. The van der Waals surface area contributed by atoms with Gasteiger partial charge in [-0.15, -0.1) is 0 Å². The van der Waals surface area contributed by atoms with E-state index >= 15 is 0 Å². The number of hydrogen-bond donors (Lipinski definition) is 3. The molecule has 0 fully saturated rings. The highest BCUT2D eigenvalue weighted by atomic mass is 16.2. The molecule has 0 aliphatic heterocycles. The van der Waals surface area contributed by atoms with E-state index in [1.54, 1.807) is 36.4 Å². The van der Waals surface area contributed by atoms with Gasteiger partial charge >= 0.3 is 6.03 Å². The summed E-state index contributed by atoms with van der Waals surface area (Å²) in [6, 6.07) is 23.3. The van der Waals surface area contributed by atoms with Crippen molar-refractivity contribution in [3.8, 4) is 0 Å². The zero-order valence-electron chi connectivity index (χ0n) is 15.0. The summed E-state index contributed by atoms with van der Waals surface area (Å²) >= 11 is 0. The first-order chi connectivity index (χ1) is 13.1. The van der Waals surface area contributed by atoms with Crippen LogP contribution in [0.1, 0.15) is 22.8 Å². The number of hydrogen-bond acceptors (Lipinski definition) is 2. The molecule has 0 bridgehead atoms. The van der Waals surface area contributed by atoms with Gasteiger partial charge in [-0.3, -0.25) is 4.79 Å². The summed E-state index contributed by atoms with van der Waals surface area (Å²) in [5.41, 5.74) is 3.80. The first-order valence-electron chi connectivity index (χ1n) is 8.77. The molecular formula is C22H21N3O2. The summed E-state index contributed by atoms with van der Waals surface area (Å²) in [6.45, 7) is 2.09. The third-order valence-corrected chi connectivity index (χ3v) is 4.06. The standard InChI is InChI=1S/C22H21N3O2/c1-2-16-8-12-19(13-9-16)23-21(26)17-10-14-20(15-11-17)25-22(27)24-18-6-4-3-5-7-18/h3-15H,2H2,1H3,(H,23,26)(H2,24,25,27). The van der Waals surface area contributed by atoms with Crippen molar-refractivity contribution in [1.29, 1.82) is 0 Å². The molecule has 0 spiro atoms. The van der Waals surface area contributed by atoms with Gasteiger partial charge in [0, 0.05) is 22.6 Å². The molecule has 5 heteroatoms. The molecule has 27 heavy (non-hydrogen) atoms. The number of amides is 3. The smallest absolute Gasteiger partial charge is 0.322 e. The summed E-state index contributed by atoms with van der Waals surface area (Å²) < 4.78 is 0. The lowest BCUT2D eigenvalue weighted by Gasteiger charge is -2.09. The van der Waals surface area contributed by atoms with Crippen LogP contribution in [0.2, 0.25) is 0 Å². The third kappa shape index (κ3) is 5.19. The number of carbonyl (C=O) groups is 2. The van der Waals surface area contributed by atoms with Gasteiger partial charge in [0.25, 0.3) is 5.91 Å². The molecule has 3 N–H and O–H groups in total. The Morgan fingerprint density at radius 2 is 1.19 bits per heavy atom.